The SMILES string of the molecule is C[C@@H](Nc1ncncc1-c1cccc(S(C)(=O)=O)c1)c1nc2cccc(Cl)c2c(=O)n1-c1ccccc1. The summed E-state index contributed by atoms with van der Waals surface area (Å²) in [6.45, 7) is 1.87. The molecule has 0 radical (unpaired) electrons. The van der Waals surface area contributed by atoms with Crippen molar-refractivity contribution < 1.29 is 8.42 Å². The summed E-state index contributed by atoms with van der Waals surface area (Å²) in [5.41, 5.74) is 2.09. The van der Waals surface area contributed by atoms with Crippen molar-refractivity contribution in [2.45, 2.75) is 17.9 Å². The molecule has 2 heterocycles. The molecular formula is C27H22ClN5O3S. The molecule has 0 bridgehead atoms. The second-order valence-electron chi connectivity index (χ2n) is 8.53. The van der Waals surface area contributed by atoms with E-state index in [4.69, 9.17) is 16.6 Å². The molecule has 0 saturated heterocycles. The van der Waals surface area contributed by atoms with Gasteiger partial charge in [-0.25, -0.2) is 23.4 Å². The monoisotopic (exact) mass is 531 g/mol. The third-order valence-electron chi connectivity index (χ3n) is 5.91. The summed E-state index contributed by atoms with van der Waals surface area (Å²) in [4.78, 5) is 27.2. The minimum absolute atomic E-state index is 0.193. The van der Waals surface area contributed by atoms with E-state index in [1.165, 1.54) is 10.9 Å². The molecule has 0 fully saturated rings. The van der Waals surface area contributed by atoms with Gasteiger partial charge in [0.1, 0.15) is 18.0 Å². The Morgan fingerprint density at radius 3 is 2.51 bits per heavy atom. The van der Waals surface area contributed by atoms with Crippen LogP contribution >= 0.6 is 11.6 Å². The standard InChI is InChI=1S/C27H22ClN5O3S/c1-17(31-25-21(15-29-16-30-25)18-8-6-11-20(14-18)37(2,35)36)26-32-23-13-7-12-22(28)24(23)27(34)33(26)19-9-4-3-5-10-19/h3-17H,1-2H3,(H,29,30,31)/t17-/m1/s1. The Balaban J connectivity index is 1.64. The van der Waals surface area contributed by atoms with E-state index >= 15 is 0 Å². The minimum atomic E-state index is -3.40. The van der Waals surface area contributed by atoms with Crippen LogP contribution in [0.3, 0.4) is 0 Å². The van der Waals surface area contributed by atoms with Crippen LogP contribution in [0, 0.1) is 0 Å². The van der Waals surface area contributed by atoms with Crippen molar-refractivity contribution in [1.29, 1.82) is 0 Å². The van der Waals surface area contributed by atoms with Gasteiger partial charge in [0, 0.05) is 18.0 Å². The zero-order valence-electron chi connectivity index (χ0n) is 20.0. The molecule has 5 aromatic rings. The van der Waals surface area contributed by atoms with E-state index in [9.17, 15) is 13.2 Å². The van der Waals surface area contributed by atoms with Crippen molar-refractivity contribution in [3.05, 3.63) is 107 Å². The van der Waals surface area contributed by atoms with E-state index in [1.807, 2.05) is 37.3 Å². The highest BCUT2D eigenvalue weighted by atomic mass is 35.5. The number of anilines is 1. The van der Waals surface area contributed by atoms with Gasteiger partial charge in [0.15, 0.2) is 9.84 Å². The maximum absolute atomic E-state index is 13.7. The molecule has 0 amide bonds. The molecule has 0 unspecified atom stereocenters. The van der Waals surface area contributed by atoms with Crippen LogP contribution in [-0.4, -0.2) is 34.2 Å². The van der Waals surface area contributed by atoms with Crippen molar-refractivity contribution >= 4 is 38.2 Å². The number of rotatable bonds is 6. The van der Waals surface area contributed by atoms with Gasteiger partial charge in [0.2, 0.25) is 0 Å². The second-order valence-corrected chi connectivity index (χ2v) is 11.0. The Hall–Kier alpha value is -4.08. The number of hydrogen-bond donors (Lipinski definition) is 1. The van der Waals surface area contributed by atoms with Gasteiger partial charge in [-0.15, -0.1) is 0 Å². The first-order valence-corrected chi connectivity index (χ1v) is 13.6. The topological polar surface area (TPSA) is 107 Å². The molecule has 3 aromatic carbocycles. The van der Waals surface area contributed by atoms with Crippen molar-refractivity contribution in [1.82, 2.24) is 19.5 Å². The highest BCUT2D eigenvalue weighted by molar-refractivity contribution is 7.90. The van der Waals surface area contributed by atoms with Gasteiger partial charge in [0.25, 0.3) is 5.56 Å². The number of sulfone groups is 1. The van der Waals surface area contributed by atoms with Crippen LogP contribution in [0.15, 0.2) is 95.0 Å². The Morgan fingerprint density at radius 1 is 1.00 bits per heavy atom. The predicted octanol–water partition coefficient (Wildman–Crippen LogP) is 5.07. The van der Waals surface area contributed by atoms with Crippen LogP contribution in [0.5, 0.6) is 0 Å². The molecule has 1 atom stereocenters. The lowest BCUT2D eigenvalue weighted by Crippen LogP contribution is -2.27. The molecule has 2 aromatic heterocycles. The average molecular weight is 532 g/mol. The fourth-order valence-corrected chi connectivity index (χ4v) is 5.06. The number of benzene rings is 3. The van der Waals surface area contributed by atoms with E-state index in [0.717, 1.165) is 6.26 Å². The molecule has 37 heavy (non-hydrogen) atoms. The molecule has 0 spiro atoms. The summed E-state index contributed by atoms with van der Waals surface area (Å²) in [5, 5.41) is 4.01. The number of fused-ring (bicyclic) bond motifs is 1. The van der Waals surface area contributed by atoms with E-state index in [-0.39, 0.29) is 10.5 Å². The van der Waals surface area contributed by atoms with Crippen molar-refractivity contribution in [3.8, 4) is 16.8 Å². The fraction of sp³-hybridized carbons (Fsp3) is 0.111. The van der Waals surface area contributed by atoms with Gasteiger partial charge in [0.05, 0.1) is 32.6 Å². The molecule has 5 rings (SSSR count). The van der Waals surface area contributed by atoms with Crippen LogP contribution in [0.25, 0.3) is 27.7 Å². The van der Waals surface area contributed by atoms with E-state index in [2.05, 4.69) is 15.3 Å². The zero-order valence-corrected chi connectivity index (χ0v) is 21.5. The lowest BCUT2D eigenvalue weighted by atomic mass is 10.1. The number of nitrogens with one attached hydrogen (secondary N) is 1. The van der Waals surface area contributed by atoms with Gasteiger partial charge in [-0.05, 0) is 48.9 Å². The Morgan fingerprint density at radius 2 is 1.76 bits per heavy atom. The third-order valence-corrected chi connectivity index (χ3v) is 7.34. The first-order chi connectivity index (χ1) is 17.7. The van der Waals surface area contributed by atoms with Crippen LogP contribution in [0.2, 0.25) is 5.02 Å². The van der Waals surface area contributed by atoms with Gasteiger partial charge in [-0.2, -0.15) is 0 Å². The number of aromatic nitrogens is 4. The lowest BCUT2D eigenvalue weighted by molar-refractivity contribution is 0.602. The van der Waals surface area contributed by atoms with Gasteiger partial charge < -0.3 is 5.32 Å². The molecule has 0 aliphatic carbocycles. The molecule has 0 saturated carbocycles. The largest absolute Gasteiger partial charge is 0.360 e. The molecule has 186 valence electrons. The lowest BCUT2D eigenvalue weighted by Gasteiger charge is -2.21. The Labute approximate surface area is 218 Å². The zero-order chi connectivity index (χ0) is 26.2. The summed E-state index contributed by atoms with van der Waals surface area (Å²) in [6, 6.07) is 20.5. The number of halogens is 1. The number of nitrogens with zero attached hydrogens (tertiary/aromatic N) is 4. The smallest absolute Gasteiger partial charge is 0.267 e. The van der Waals surface area contributed by atoms with Crippen LogP contribution in [0.1, 0.15) is 18.8 Å². The van der Waals surface area contributed by atoms with E-state index < -0.39 is 15.9 Å². The number of para-hydroxylation sites is 1. The van der Waals surface area contributed by atoms with Crippen molar-refractivity contribution in [3.63, 3.8) is 0 Å². The van der Waals surface area contributed by atoms with Crippen molar-refractivity contribution in [2.24, 2.45) is 0 Å². The van der Waals surface area contributed by atoms with Gasteiger partial charge >= 0.3 is 0 Å². The summed E-state index contributed by atoms with van der Waals surface area (Å²) in [5.74, 6) is 0.925. The molecule has 10 heteroatoms. The predicted molar refractivity (Wildman–Crippen MR) is 145 cm³/mol. The Kier molecular flexibility index (Phi) is 6.49. The molecular weight excluding hydrogens is 510 g/mol. The quantitative estimate of drug-likeness (QED) is 0.326. The van der Waals surface area contributed by atoms with E-state index in [1.54, 1.807) is 48.7 Å². The highest BCUT2D eigenvalue weighted by Crippen LogP contribution is 2.30. The molecule has 0 aliphatic rings. The van der Waals surface area contributed by atoms with Crippen LogP contribution in [-0.2, 0) is 9.84 Å². The number of hydrogen-bond acceptors (Lipinski definition) is 7. The van der Waals surface area contributed by atoms with Crippen molar-refractivity contribution in [2.75, 3.05) is 11.6 Å². The van der Waals surface area contributed by atoms with Crippen LogP contribution in [0.4, 0.5) is 5.82 Å². The first-order valence-electron chi connectivity index (χ1n) is 11.4. The molecule has 0 aliphatic heterocycles. The van der Waals surface area contributed by atoms with E-state index in [0.29, 0.717) is 44.4 Å². The van der Waals surface area contributed by atoms with Gasteiger partial charge in [-0.1, -0.05) is 48.0 Å². The highest BCUT2D eigenvalue weighted by Gasteiger charge is 2.21. The van der Waals surface area contributed by atoms with Gasteiger partial charge in [-0.3, -0.25) is 9.36 Å². The second kappa shape index (κ2) is 9.76. The van der Waals surface area contributed by atoms with Crippen LogP contribution < -0.4 is 10.9 Å². The summed E-state index contributed by atoms with van der Waals surface area (Å²) >= 11 is 6.39. The normalized spacial score (nSPS) is 12.4. The maximum atomic E-state index is 13.7. The first kappa shape index (κ1) is 24.6. The summed E-state index contributed by atoms with van der Waals surface area (Å²) < 4.78 is 25.7. The third kappa shape index (κ3) is 4.83. The average Bonchev–Trinajstić information content (AvgIpc) is 2.89. The molecule has 8 nitrogen and oxygen atoms in total. The maximum Gasteiger partial charge on any atom is 0.267 e. The fourth-order valence-electron chi connectivity index (χ4n) is 4.14. The summed E-state index contributed by atoms with van der Waals surface area (Å²) in [6.07, 6.45) is 4.17. The summed E-state index contributed by atoms with van der Waals surface area (Å²) in [7, 11) is -3.40. The molecule has 1 N–H and O–H groups in total. The Bertz CT molecular complexity index is 1790. The minimum Gasteiger partial charge on any atom is -0.360 e.